The van der Waals surface area contributed by atoms with Crippen LogP contribution in [0.2, 0.25) is 5.02 Å². The summed E-state index contributed by atoms with van der Waals surface area (Å²) in [6.07, 6.45) is 4.68. The molecule has 2 aromatic rings. The standard InChI is InChI=1S/C19H14ClN3O3S/c20-15-9-3-1-7-14(15)12-22-18(24)16(21-19(22)27)10-5-8-13-6-2-4-11-17(13)23(25)26/h1-11H,12H2,(H,21,27)/b8-5+,16-10-. The van der Waals surface area contributed by atoms with Crippen molar-refractivity contribution in [2.45, 2.75) is 6.54 Å². The lowest BCUT2D eigenvalue weighted by molar-refractivity contribution is -0.385. The summed E-state index contributed by atoms with van der Waals surface area (Å²) < 4.78 is 0. The number of hydrogen-bond acceptors (Lipinski definition) is 4. The van der Waals surface area contributed by atoms with Crippen molar-refractivity contribution in [1.29, 1.82) is 0 Å². The Morgan fingerprint density at radius 3 is 2.63 bits per heavy atom. The van der Waals surface area contributed by atoms with Crippen LogP contribution in [0.25, 0.3) is 6.08 Å². The lowest BCUT2D eigenvalue weighted by Gasteiger charge is -2.14. The number of amides is 1. The zero-order chi connectivity index (χ0) is 19.4. The van der Waals surface area contributed by atoms with Crippen molar-refractivity contribution < 1.29 is 9.72 Å². The Morgan fingerprint density at radius 1 is 1.19 bits per heavy atom. The number of allylic oxidation sites excluding steroid dienone is 2. The molecule has 8 heteroatoms. The Kier molecular flexibility index (Phi) is 5.63. The summed E-state index contributed by atoms with van der Waals surface area (Å²) in [5, 5.41) is 14.7. The summed E-state index contributed by atoms with van der Waals surface area (Å²) in [5.41, 5.74) is 1.52. The van der Waals surface area contributed by atoms with Gasteiger partial charge in [0.05, 0.1) is 17.0 Å². The van der Waals surface area contributed by atoms with E-state index in [1.54, 1.807) is 36.4 Å². The van der Waals surface area contributed by atoms with Crippen molar-refractivity contribution in [1.82, 2.24) is 10.2 Å². The SMILES string of the molecule is O=C1/C(=C/C=C/c2ccccc2[N+](=O)[O-])NC(=S)N1Cc1ccccc1Cl. The van der Waals surface area contributed by atoms with Gasteiger partial charge in [-0.2, -0.15) is 0 Å². The van der Waals surface area contributed by atoms with Gasteiger partial charge in [-0.15, -0.1) is 0 Å². The van der Waals surface area contributed by atoms with Crippen LogP contribution in [0, 0.1) is 10.1 Å². The largest absolute Gasteiger partial charge is 0.328 e. The fourth-order valence-electron chi connectivity index (χ4n) is 2.57. The Hall–Kier alpha value is -3.03. The van der Waals surface area contributed by atoms with Gasteiger partial charge in [-0.3, -0.25) is 19.8 Å². The van der Waals surface area contributed by atoms with Crippen molar-refractivity contribution in [3.63, 3.8) is 0 Å². The van der Waals surface area contributed by atoms with E-state index < -0.39 is 4.92 Å². The molecule has 1 aliphatic rings. The molecule has 1 fully saturated rings. The number of carbonyl (C=O) groups is 1. The third-order valence-electron chi connectivity index (χ3n) is 3.92. The Balaban J connectivity index is 1.77. The van der Waals surface area contributed by atoms with E-state index in [-0.39, 0.29) is 23.3 Å². The van der Waals surface area contributed by atoms with E-state index in [0.29, 0.717) is 16.3 Å². The number of nitro benzene ring substituents is 1. The van der Waals surface area contributed by atoms with Crippen LogP contribution in [-0.4, -0.2) is 20.8 Å². The molecule has 0 aliphatic carbocycles. The summed E-state index contributed by atoms with van der Waals surface area (Å²) in [5.74, 6) is -0.285. The first-order valence-corrected chi connectivity index (χ1v) is 8.74. The second-order valence-corrected chi connectivity index (χ2v) is 6.46. The van der Waals surface area contributed by atoms with Gasteiger partial charge in [0.2, 0.25) is 0 Å². The molecule has 136 valence electrons. The first-order chi connectivity index (χ1) is 13.0. The second-order valence-electron chi connectivity index (χ2n) is 5.67. The first-order valence-electron chi connectivity index (χ1n) is 7.95. The molecule has 0 saturated carbocycles. The van der Waals surface area contributed by atoms with Crippen molar-refractivity contribution in [2.24, 2.45) is 0 Å². The number of nitrogens with one attached hydrogen (secondary N) is 1. The normalized spacial score (nSPS) is 15.6. The number of nitro groups is 1. The van der Waals surface area contributed by atoms with Crippen LogP contribution in [0.3, 0.4) is 0 Å². The first kappa shape index (κ1) is 18.8. The van der Waals surface area contributed by atoms with Crippen LogP contribution in [0.1, 0.15) is 11.1 Å². The molecule has 1 heterocycles. The minimum atomic E-state index is -0.452. The van der Waals surface area contributed by atoms with Gasteiger partial charge in [-0.25, -0.2) is 0 Å². The summed E-state index contributed by atoms with van der Waals surface area (Å²) in [6.45, 7) is 0.259. The van der Waals surface area contributed by atoms with E-state index in [0.717, 1.165) is 5.56 Å². The predicted molar refractivity (Wildman–Crippen MR) is 108 cm³/mol. The molecule has 1 N–H and O–H groups in total. The topological polar surface area (TPSA) is 75.5 Å². The molecule has 1 aliphatic heterocycles. The summed E-state index contributed by atoms with van der Waals surface area (Å²) in [4.78, 5) is 24.6. The number of para-hydroxylation sites is 1. The van der Waals surface area contributed by atoms with Gasteiger partial charge in [0.15, 0.2) is 5.11 Å². The Labute approximate surface area is 165 Å². The lowest BCUT2D eigenvalue weighted by Crippen LogP contribution is -2.30. The lowest BCUT2D eigenvalue weighted by atomic mass is 10.1. The Morgan fingerprint density at radius 2 is 1.89 bits per heavy atom. The van der Waals surface area contributed by atoms with Gasteiger partial charge in [-0.05, 0) is 42.1 Å². The molecule has 1 saturated heterocycles. The molecule has 0 aromatic heterocycles. The molecule has 2 aromatic carbocycles. The Bertz CT molecular complexity index is 988. The van der Waals surface area contributed by atoms with Crippen molar-refractivity contribution in [3.8, 4) is 0 Å². The van der Waals surface area contributed by atoms with E-state index >= 15 is 0 Å². The number of hydrogen-bond donors (Lipinski definition) is 1. The minimum absolute atomic E-state index is 0.00581. The molecule has 0 spiro atoms. The summed E-state index contributed by atoms with van der Waals surface area (Å²) >= 11 is 11.4. The van der Waals surface area contributed by atoms with Gasteiger partial charge >= 0.3 is 0 Å². The number of halogens is 1. The smallest absolute Gasteiger partial charge is 0.276 e. The molecule has 0 atom stereocenters. The second kappa shape index (κ2) is 8.11. The third kappa shape index (κ3) is 4.21. The molecule has 27 heavy (non-hydrogen) atoms. The van der Waals surface area contributed by atoms with E-state index in [1.165, 1.54) is 17.0 Å². The van der Waals surface area contributed by atoms with Crippen molar-refractivity contribution in [2.75, 3.05) is 0 Å². The monoisotopic (exact) mass is 399 g/mol. The van der Waals surface area contributed by atoms with Crippen molar-refractivity contribution >= 4 is 46.6 Å². The van der Waals surface area contributed by atoms with Crippen LogP contribution >= 0.6 is 23.8 Å². The van der Waals surface area contributed by atoms with Crippen molar-refractivity contribution in [3.05, 3.63) is 92.6 Å². The third-order valence-corrected chi connectivity index (χ3v) is 4.61. The molecular weight excluding hydrogens is 386 g/mol. The molecule has 3 rings (SSSR count). The van der Waals surface area contributed by atoms with E-state index in [4.69, 9.17) is 23.8 Å². The number of thiocarbonyl (C=S) groups is 1. The molecule has 0 unspecified atom stereocenters. The summed E-state index contributed by atoms with van der Waals surface area (Å²) in [6, 6.07) is 13.6. The van der Waals surface area contributed by atoms with Gasteiger partial charge in [0.1, 0.15) is 5.70 Å². The molecule has 6 nitrogen and oxygen atoms in total. The highest BCUT2D eigenvalue weighted by Gasteiger charge is 2.30. The van der Waals surface area contributed by atoms with Crippen LogP contribution in [0.4, 0.5) is 5.69 Å². The van der Waals surface area contributed by atoms with E-state index in [1.807, 2.05) is 18.2 Å². The van der Waals surface area contributed by atoms with Gasteiger partial charge in [0.25, 0.3) is 11.6 Å². The average molecular weight is 400 g/mol. The van der Waals surface area contributed by atoms with E-state index in [9.17, 15) is 14.9 Å². The highest BCUT2D eigenvalue weighted by atomic mass is 35.5. The molecule has 0 bridgehead atoms. The maximum atomic E-state index is 12.6. The molecule has 0 radical (unpaired) electrons. The van der Waals surface area contributed by atoms with Crippen LogP contribution in [0.5, 0.6) is 0 Å². The van der Waals surface area contributed by atoms with Crippen LogP contribution < -0.4 is 5.32 Å². The van der Waals surface area contributed by atoms with Gasteiger partial charge < -0.3 is 5.32 Å². The highest BCUT2D eigenvalue weighted by Crippen LogP contribution is 2.21. The molecular formula is C19H14ClN3O3S. The number of rotatable bonds is 5. The van der Waals surface area contributed by atoms with Crippen LogP contribution in [0.15, 0.2) is 66.4 Å². The van der Waals surface area contributed by atoms with E-state index in [2.05, 4.69) is 5.32 Å². The average Bonchev–Trinajstić information content (AvgIpc) is 2.91. The minimum Gasteiger partial charge on any atom is -0.328 e. The number of carbonyl (C=O) groups excluding carboxylic acids is 1. The number of nitrogens with zero attached hydrogens (tertiary/aromatic N) is 2. The maximum Gasteiger partial charge on any atom is 0.276 e. The molecule has 1 amide bonds. The van der Waals surface area contributed by atoms with Crippen LogP contribution in [-0.2, 0) is 11.3 Å². The van der Waals surface area contributed by atoms with Gasteiger partial charge in [0, 0.05) is 11.1 Å². The summed E-state index contributed by atoms with van der Waals surface area (Å²) in [7, 11) is 0. The number of benzene rings is 2. The van der Waals surface area contributed by atoms with Gasteiger partial charge in [-0.1, -0.05) is 48.0 Å². The highest BCUT2D eigenvalue weighted by molar-refractivity contribution is 7.80. The maximum absolute atomic E-state index is 12.6. The zero-order valence-electron chi connectivity index (χ0n) is 14.0. The fourth-order valence-corrected chi connectivity index (χ4v) is 3.02. The fraction of sp³-hybridized carbons (Fsp3) is 0.0526. The zero-order valence-corrected chi connectivity index (χ0v) is 15.5. The predicted octanol–water partition coefficient (Wildman–Crippen LogP) is 4.06. The quantitative estimate of drug-likeness (QED) is 0.355.